The van der Waals surface area contributed by atoms with Gasteiger partial charge in [-0.05, 0) is 18.9 Å². The molecule has 0 spiro atoms. The van der Waals surface area contributed by atoms with Gasteiger partial charge in [-0.25, -0.2) is 4.98 Å². The monoisotopic (exact) mass is 207 g/mol. The smallest absolute Gasteiger partial charge is 0.125 e. The number of aromatic nitrogens is 1. The van der Waals surface area contributed by atoms with Gasteiger partial charge < -0.3 is 15.4 Å². The van der Waals surface area contributed by atoms with Crippen LogP contribution in [0.1, 0.15) is 12.8 Å². The van der Waals surface area contributed by atoms with E-state index >= 15 is 0 Å². The number of nitrogen functional groups attached to an aromatic ring is 1. The lowest BCUT2D eigenvalue weighted by Crippen LogP contribution is -2.36. The molecule has 82 valence electrons. The molecular weight excluding hydrogens is 190 g/mol. The Balaban J connectivity index is 2.01. The fraction of sp³-hybridized carbons (Fsp3) is 0.545. The molecular formula is C11H17N3O. The standard InChI is InChI=1S/C11H17N3O/c1-15-10-3-6-14(7-4-10)9-2-5-13-11(12)8-9/h2,5,8,10H,3-4,6-7H2,1H3,(H2,12,13). The normalized spacial score (nSPS) is 18.1. The highest BCUT2D eigenvalue weighted by molar-refractivity contribution is 5.52. The zero-order valence-corrected chi connectivity index (χ0v) is 9.02. The Morgan fingerprint density at radius 1 is 1.47 bits per heavy atom. The number of methoxy groups -OCH3 is 1. The van der Waals surface area contributed by atoms with Crippen LogP contribution in [0.15, 0.2) is 18.3 Å². The van der Waals surface area contributed by atoms with Crippen LogP contribution in [0.3, 0.4) is 0 Å². The zero-order chi connectivity index (χ0) is 10.7. The highest BCUT2D eigenvalue weighted by Gasteiger charge is 2.18. The summed E-state index contributed by atoms with van der Waals surface area (Å²) < 4.78 is 5.34. The maximum absolute atomic E-state index is 5.66. The summed E-state index contributed by atoms with van der Waals surface area (Å²) in [5.41, 5.74) is 6.82. The topological polar surface area (TPSA) is 51.4 Å². The largest absolute Gasteiger partial charge is 0.384 e. The predicted octanol–water partition coefficient (Wildman–Crippen LogP) is 1.28. The van der Waals surface area contributed by atoms with E-state index in [4.69, 9.17) is 10.5 Å². The van der Waals surface area contributed by atoms with Crippen molar-refractivity contribution in [1.29, 1.82) is 0 Å². The van der Waals surface area contributed by atoms with Gasteiger partial charge in [-0.1, -0.05) is 0 Å². The Bertz CT molecular complexity index is 321. The van der Waals surface area contributed by atoms with Gasteiger partial charge in [0, 0.05) is 38.1 Å². The lowest BCUT2D eigenvalue weighted by molar-refractivity contribution is 0.0819. The molecule has 2 heterocycles. The van der Waals surface area contributed by atoms with E-state index < -0.39 is 0 Å². The quantitative estimate of drug-likeness (QED) is 0.793. The van der Waals surface area contributed by atoms with Gasteiger partial charge in [-0.3, -0.25) is 0 Å². The van der Waals surface area contributed by atoms with Crippen LogP contribution < -0.4 is 10.6 Å². The van der Waals surface area contributed by atoms with Crippen molar-refractivity contribution >= 4 is 11.5 Å². The number of nitrogens with two attached hydrogens (primary N) is 1. The maximum atomic E-state index is 5.66. The first-order valence-corrected chi connectivity index (χ1v) is 5.29. The van der Waals surface area contributed by atoms with E-state index in [1.165, 1.54) is 0 Å². The molecule has 1 aliphatic rings. The predicted molar refractivity (Wildman–Crippen MR) is 60.9 cm³/mol. The van der Waals surface area contributed by atoms with E-state index in [0.29, 0.717) is 11.9 Å². The van der Waals surface area contributed by atoms with Gasteiger partial charge in [-0.15, -0.1) is 0 Å². The number of hydrogen-bond donors (Lipinski definition) is 1. The third-order valence-corrected chi connectivity index (χ3v) is 2.91. The number of hydrogen-bond acceptors (Lipinski definition) is 4. The van der Waals surface area contributed by atoms with Crippen molar-refractivity contribution in [3.05, 3.63) is 18.3 Å². The van der Waals surface area contributed by atoms with Crippen molar-refractivity contribution < 1.29 is 4.74 Å². The summed E-state index contributed by atoms with van der Waals surface area (Å²) in [6.45, 7) is 2.06. The molecule has 0 radical (unpaired) electrons. The summed E-state index contributed by atoms with van der Waals surface area (Å²) in [5, 5.41) is 0. The summed E-state index contributed by atoms with van der Waals surface area (Å²) in [7, 11) is 1.78. The van der Waals surface area contributed by atoms with Crippen LogP contribution in [0.2, 0.25) is 0 Å². The minimum absolute atomic E-state index is 0.417. The Morgan fingerprint density at radius 3 is 2.80 bits per heavy atom. The fourth-order valence-corrected chi connectivity index (χ4v) is 1.98. The first-order chi connectivity index (χ1) is 7.29. The van der Waals surface area contributed by atoms with Crippen LogP contribution in [0.25, 0.3) is 0 Å². The summed E-state index contributed by atoms with van der Waals surface area (Å²) in [6.07, 6.45) is 4.34. The van der Waals surface area contributed by atoms with Crippen LogP contribution in [0.5, 0.6) is 0 Å². The molecule has 0 aromatic carbocycles. The van der Waals surface area contributed by atoms with E-state index in [-0.39, 0.29) is 0 Å². The lowest BCUT2D eigenvalue weighted by atomic mass is 10.1. The minimum Gasteiger partial charge on any atom is -0.384 e. The van der Waals surface area contributed by atoms with E-state index in [0.717, 1.165) is 31.6 Å². The Labute approximate surface area is 90.0 Å². The highest BCUT2D eigenvalue weighted by Crippen LogP contribution is 2.21. The molecule has 0 amide bonds. The van der Waals surface area contributed by atoms with Gasteiger partial charge in [0.05, 0.1) is 6.10 Å². The molecule has 0 aliphatic carbocycles. The summed E-state index contributed by atoms with van der Waals surface area (Å²) >= 11 is 0. The number of pyridine rings is 1. The Hall–Kier alpha value is -1.29. The molecule has 1 aromatic rings. The van der Waals surface area contributed by atoms with Crippen molar-refractivity contribution in [1.82, 2.24) is 4.98 Å². The number of ether oxygens (including phenoxy) is 1. The number of nitrogens with zero attached hydrogens (tertiary/aromatic N) is 2. The first-order valence-electron chi connectivity index (χ1n) is 5.29. The Morgan fingerprint density at radius 2 is 2.20 bits per heavy atom. The average Bonchev–Trinajstić information content (AvgIpc) is 2.29. The molecule has 4 nitrogen and oxygen atoms in total. The van der Waals surface area contributed by atoms with E-state index in [9.17, 15) is 0 Å². The molecule has 1 saturated heterocycles. The molecule has 0 unspecified atom stereocenters. The molecule has 15 heavy (non-hydrogen) atoms. The van der Waals surface area contributed by atoms with Crippen LogP contribution in [0, 0.1) is 0 Å². The van der Waals surface area contributed by atoms with Gasteiger partial charge in [-0.2, -0.15) is 0 Å². The molecule has 0 saturated carbocycles. The molecule has 4 heteroatoms. The molecule has 1 fully saturated rings. The number of piperidine rings is 1. The van der Waals surface area contributed by atoms with Crippen LogP contribution >= 0.6 is 0 Å². The summed E-state index contributed by atoms with van der Waals surface area (Å²) in [6, 6.07) is 3.93. The van der Waals surface area contributed by atoms with Crippen molar-refractivity contribution in [2.24, 2.45) is 0 Å². The third kappa shape index (κ3) is 2.39. The van der Waals surface area contributed by atoms with Crippen molar-refractivity contribution in [3.8, 4) is 0 Å². The second kappa shape index (κ2) is 4.49. The molecule has 0 atom stereocenters. The van der Waals surface area contributed by atoms with Gasteiger partial charge in [0.15, 0.2) is 0 Å². The molecule has 1 aromatic heterocycles. The second-order valence-corrected chi connectivity index (χ2v) is 3.86. The van der Waals surface area contributed by atoms with Crippen LogP contribution in [0.4, 0.5) is 11.5 Å². The lowest BCUT2D eigenvalue weighted by Gasteiger charge is -2.32. The molecule has 2 rings (SSSR count). The molecule has 2 N–H and O–H groups in total. The van der Waals surface area contributed by atoms with Gasteiger partial charge >= 0.3 is 0 Å². The average molecular weight is 207 g/mol. The number of rotatable bonds is 2. The van der Waals surface area contributed by atoms with Crippen molar-refractivity contribution in [2.75, 3.05) is 30.8 Å². The maximum Gasteiger partial charge on any atom is 0.125 e. The van der Waals surface area contributed by atoms with Crippen molar-refractivity contribution in [2.45, 2.75) is 18.9 Å². The highest BCUT2D eigenvalue weighted by atomic mass is 16.5. The fourth-order valence-electron chi connectivity index (χ4n) is 1.98. The summed E-state index contributed by atoms with van der Waals surface area (Å²) in [4.78, 5) is 6.32. The van der Waals surface area contributed by atoms with E-state index in [1.807, 2.05) is 12.1 Å². The second-order valence-electron chi connectivity index (χ2n) is 3.86. The van der Waals surface area contributed by atoms with E-state index in [1.54, 1.807) is 13.3 Å². The molecule has 0 bridgehead atoms. The minimum atomic E-state index is 0.417. The number of anilines is 2. The molecule has 1 aliphatic heterocycles. The third-order valence-electron chi connectivity index (χ3n) is 2.91. The Kier molecular flexibility index (Phi) is 3.06. The van der Waals surface area contributed by atoms with Gasteiger partial charge in [0.1, 0.15) is 5.82 Å². The van der Waals surface area contributed by atoms with Crippen LogP contribution in [-0.4, -0.2) is 31.3 Å². The van der Waals surface area contributed by atoms with E-state index in [2.05, 4.69) is 9.88 Å². The van der Waals surface area contributed by atoms with Crippen molar-refractivity contribution in [3.63, 3.8) is 0 Å². The first kappa shape index (κ1) is 10.2. The summed E-state index contributed by atoms with van der Waals surface area (Å²) in [5.74, 6) is 0.585. The van der Waals surface area contributed by atoms with Gasteiger partial charge in [0.25, 0.3) is 0 Å². The van der Waals surface area contributed by atoms with Gasteiger partial charge in [0.2, 0.25) is 0 Å². The zero-order valence-electron chi connectivity index (χ0n) is 9.02. The SMILES string of the molecule is COC1CCN(c2ccnc(N)c2)CC1. The van der Waals surface area contributed by atoms with Crippen LogP contribution in [-0.2, 0) is 4.74 Å².